The summed E-state index contributed by atoms with van der Waals surface area (Å²) >= 11 is 0. The van der Waals surface area contributed by atoms with Crippen molar-refractivity contribution in [3.05, 3.63) is 35.4 Å². The fourth-order valence-electron chi connectivity index (χ4n) is 3.92. The molecular weight excluding hydrogens is 340 g/mol. The first-order valence-corrected chi connectivity index (χ1v) is 9.01. The molecular formula is C19H25F2N3O2. The van der Waals surface area contributed by atoms with Crippen molar-refractivity contribution in [1.29, 1.82) is 0 Å². The summed E-state index contributed by atoms with van der Waals surface area (Å²) in [6, 6.07) is 3.54. The van der Waals surface area contributed by atoms with Gasteiger partial charge in [0.05, 0.1) is 6.04 Å². The Hall–Kier alpha value is -2.02. The first-order valence-electron chi connectivity index (χ1n) is 9.01. The molecule has 0 bridgehead atoms. The lowest BCUT2D eigenvalue weighted by Crippen LogP contribution is -2.49. The van der Waals surface area contributed by atoms with E-state index in [1.807, 2.05) is 11.8 Å². The number of hydrogen-bond donors (Lipinski definition) is 1. The molecule has 2 saturated heterocycles. The highest BCUT2D eigenvalue weighted by atomic mass is 19.2. The normalized spacial score (nSPS) is 20.7. The number of halogens is 2. The Morgan fingerprint density at radius 1 is 1.27 bits per heavy atom. The average Bonchev–Trinajstić information content (AvgIpc) is 2.92. The molecule has 1 aromatic carbocycles. The van der Waals surface area contributed by atoms with E-state index in [1.54, 1.807) is 11.9 Å². The van der Waals surface area contributed by atoms with Crippen molar-refractivity contribution in [1.82, 2.24) is 15.1 Å². The Morgan fingerprint density at radius 2 is 1.96 bits per heavy atom. The minimum absolute atomic E-state index is 0.0399. The van der Waals surface area contributed by atoms with Crippen LogP contribution in [0.3, 0.4) is 0 Å². The minimum Gasteiger partial charge on any atom is -0.341 e. The van der Waals surface area contributed by atoms with Crippen molar-refractivity contribution in [3.63, 3.8) is 0 Å². The van der Waals surface area contributed by atoms with Crippen LogP contribution in [0.15, 0.2) is 18.2 Å². The van der Waals surface area contributed by atoms with Gasteiger partial charge in [0.2, 0.25) is 11.8 Å². The molecule has 26 heavy (non-hydrogen) atoms. The van der Waals surface area contributed by atoms with Crippen molar-refractivity contribution >= 4 is 11.8 Å². The third-order valence-electron chi connectivity index (χ3n) is 5.70. The number of nitrogens with one attached hydrogen (secondary N) is 1. The number of piperidine rings is 1. The fourth-order valence-corrected chi connectivity index (χ4v) is 3.92. The lowest BCUT2D eigenvalue weighted by molar-refractivity contribution is -0.135. The van der Waals surface area contributed by atoms with E-state index < -0.39 is 11.6 Å². The summed E-state index contributed by atoms with van der Waals surface area (Å²) in [7, 11) is 1.76. The van der Waals surface area contributed by atoms with E-state index in [0.29, 0.717) is 31.6 Å². The maximum atomic E-state index is 13.4. The number of carbonyl (C=O) groups excluding carboxylic acids is 2. The molecule has 0 aliphatic carbocycles. The summed E-state index contributed by atoms with van der Waals surface area (Å²) in [5.41, 5.74) is 0.472. The van der Waals surface area contributed by atoms with Crippen molar-refractivity contribution in [2.45, 2.75) is 38.8 Å². The molecule has 0 aromatic heterocycles. The molecule has 2 fully saturated rings. The van der Waals surface area contributed by atoms with E-state index in [4.69, 9.17) is 0 Å². The lowest BCUT2D eigenvalue weighted by atomic mass is 9.77. The Labute approximate surface area is 152 Å². The quantitative estimate of drug-likeness (QED) is 0.887. The molecule has 1 atom stereocenters. The highest BCUT2D eigenvalue weighted by molar-refractivity contribution is 5.82. The fraction of sp³-hybridized carbons (Fsp3) is 0.579. The molecule has 2 amide bonds. The van der Waals surface area contributed by atoms with Crippen LogP contribution in [0.2, 0.25) is 0 Å². The van der Waals surface area contributed by atoms with E-state index in [1.165, 1.54) is 6.07 Å². The van der Waals surface area contributed by atoms with Crippen LogP contribution in [0, 0.1) is 17.0 Å². The second-order valence-electron chi connectivity index (χ2n) is 7.51. The first kappa shape index (κ1) is 18.8. The Kier molecular flexibility index (Phi) is 5.27. The number of likely N-dealkylation sites (tertiary alicyclic amines) is 2. The van der Waals surface area contributed by atoms with Gasteiger partial charge in [-0.1, -0.05) is 6.07 Å². The number of nitrogens with zero attached hydrogens (tertiary/aromatic N) is 2. The van der Waals surface area contributed by atoms with Gasteiger partial charge < -0.3 is 15.1 Å². The van der Waals surface area contributed by atoms with Crippen LogP contribution in [-0.2, 0) is 16.1 Å². The maximum Gasteiger partial charge on any atom is 0.239 e. The first-order chi connectivity index (χ1) is 12.3. The molecule has 2 heterocycles. The van der Waals surface area contributed by atoms with Crippen LogP contribution in [-0.4, -0.2) is 54.3 Å². The number of hydrogen-bond acceptors (Lipinski definition) is 3. The van der Waals surface area contributed by atoms with Crippen LogP contribution in [0.25, 0.3) is 0 Å². The van der Waals surface area contributed by atoms with Gasteiger partial charge in [-0.15, -0.1) is 0 Å². The third-order valence-corrected chi connectivity index (χ3v) is 5.70. The van der Waals surface area contributed by atoms with Crippen molar-refractivity contribution in [2.24, 2.45) is 5.41 Å². The Balaban J connectivity index is 1.61. The molecule has 5 nitrogen and oxygen atoms in total. The van der Waals surface area contributed by atoms with E-state index in [0.717, 1.165) is 25.0 Å². The van der Waals surface area contributed by atoms with E-state index >= 15 is 0 Å². The third kappa shape index (κ3) is 3.72. The second kappa shape index (κ2) is 7.31. The number of likely N-dealkylation sites (N-methyl/N-ethyl adjacent to an activating group) is 1. The van der Waals surface area contributed by atoms with Crippen molar-refractivity contribution in [2.75, 3.05) is 26.7 Å². The molecule has 142 valence electrons. The monoisotopic (exact) mass is 365 g/mol. The van der Waals surface area contributed by atoms with E-state index in [2.05, 4.69) is 5.32 Å². The summed E-state index contributed by atoms with van der Waals surface area (Å²) in [5, 5.41) is 2.96. The number of benzene rings is 1. The van der Waals surface area contributed by atoms with Gasteiger partial charge in [0.1, 0.15) is 0 Å². The molecule has 7 heteroatoms. The smallest absolute Gasteiger partial charge is 0.239 e. The highest BCUT2D eigenvalue weighted by Crippen LogP contribution is 2.41. The molecule has 1 aromatic rings. The van der Waals surface area contributed by atoms with Gasteiger partial charge in [0.15, 0.2) is 11.6 Å². The second-order valence-corrected chi connectivity index (χ2v) is 7.51. The van der Waals surface area contributed by atoms with Crippen molar-refractivity contribution < 1.29 is 18.4 Å². The minimum atomic E-state index is -0.894. The maximum absolute atomic E-state index is 13.4. The summed E-state index contributed by atoms with van der Waals surface area (Å²) < 4.78 is 26.5. The average molecular weight is 365 g/mol. The van der Waals surface area contributed by atoms with Crippen LogP contribution in [0.1, 0.15) is 31.7 Å². The van der Waals surface area contributed by atoms with Crippen LogP contribution in [0.4, 0.5) is 8.78 Å². The Morgan fingerprint density at radius 3 is 2.58 bits per heavy atom. The van der Waals surface area contributed by atoms with Gasteiger partial charge in [-0.05, 0) is 44.5 Å². The summed E-state index contributed by atoms with van der Waals surface area (Å²) in [5.74, 6) is -1.65. The van der Waals surface area contributed by atoms with Gasteiger partial charge in [-0.25, -0.2) is 8.78 Å². The molecule has 2 aliphatic rings. The van der Waals surface area contributed by atoms with Gasteiger partial charge in [-0.2, -0.15) is 0 Å². The molecule has 0 saturated carbocycles. The molecule has 1 N–H and O–H groups in total. The number of amides is 2. The van der Waals surface area contributed by atoms with Crippen molar-refractivity contribution in [3.8, 4) is 0 Å². The van der Waals surface area contributed by atoms with Gasteiger partial charge in [0, 0.05) is 38.0 Å². The molecule has 3 rings (SSSR count). The highest BCUT2D eigenvalue weighted by Gasteiger charge is 2.45. The zero-order valence-electron chi connectivity index (χ0n) is 15.2. The summed E-state index contributed by atoms with van der Waals surface area (Å²) in [6.07, 6.45) is 2.03. The van der Waals surface area contributed by atoms with Crippen LogP contribution < -0.4 is 5.32 Å². The number of rotatable bonds is 4. The lowest BCUT2D eigenvalue weighted by Gasteiger charge is -2.39. The molecule has 0 unspecified atom stereocenters. The topological polar surface area (TPSA) is 52.7 Å². The van der Waals surface area contributed by atoms with Gasteiger partial charge >= 0.3 is 0 Å². The predicted molar refractivity (Wildman–Crippen MR) is 93.2 cm³/mol. The predicted octanol–water partition coefficient (Wildman–Crippen LogP) is 1.91. The van der Waals surface area contributed by atoms with E-state index in [-0.39, 0.29) is 29.8 Å². The van der Waals surface area contributed by atoms with Crippen LogP contribution in [0.5, 0.6) is 0 Å². The standard InChI is InChI=1S/C19H25F2N3O2/c1-13(22-2)18(26)23-7-5-19(6-8-23)10-17(25)24(12-19)11-14-3-4-15(20)16(21)9-14/h3-4,9,13,22H,5-8,10-12H2,1-2H3/t13-/m0/s1. The van der Waals surface area contributed by atoms with E-state index in [9.17, 15) is 18.4 Å². The summed E-state index contributed by atoms with van der Waals surface area (Å²) in [6.45, 7) is 4.04. The summed E-state index contributed by atoms with van der Waals surface area (Å²) in [4.78, 5) is 28.3. The van der Waals surface area contributed by atoms with Gasteiger partial charge in [0.25, 0.3) is 0 Å². The zero-order valence-corrected chi connectivity index (χ0v) is 15.2. The zero-order chi connectivity index (χ0) is 18.9. The SMILES string of the molecule is CN[C@@H](C)C(=O)N1CCC2(CC1)CC(=O)N(Cc1ccc(F)c(F)c1)C2. The Bertz CT molecular complexity index is 702. The molecule has 0 radical (unpaired) electrons. The molecule has 1 spiro atoms. The van der Waals surface area contributed by atoms with Crippen LogP contribution >= 0.6 is 0 Å². The largest absolute Gasteiger partial charge is 0.341 e. The number of carbonyl (C=O) groups is 2. The molecule has 2 aliphatic heterocycles. The van der Waals surface area contributed by atoms with Gasteiger partial charge in [-0.3, -0.25) is 9.59 Å².